The van der Waals surface area contributed by atoms with Crippen molar-refractivity contribution < 1.29 is 14.2 Å². The van der Waals surface area contributed by atoms with Crippen LogP contribution in [0.2, 0.25) is 0 Å². The summed E-state index contributed by atoms with van der Waals surface area (Å²) in [6.07, 6.45) is 15.4. The highest BCUT2D eigenvalue weighted by atomic mass is 16.5. The van der Waals surface area contributed by atoms with E-state index >= 15 is 0 Å². The van der Waals surface area contributed by atoms with E-state index in [4.69, 9.17) is 34.9 Å². The fraction of sp³-hybridized carbons (Fsp3) is 0.681. The molecule has 0 bridgehead atoms. The highest BCUT2D eigenvalue weighted by Gasteiger charge is 2.60. The van der Waals surface area contributed by atoms with Crippen molar-refractivity contribution in [1.82, 2.24) is 46.3 Å². The Balaban J connectivity index is 0.902. The number of rotatable bonds is 20. The lowest BCUT2D eigenvalue weighted by Gasteiger charge is -2.39. The van der Waals surface area contributed by atoms with Gasteiger partial charge < -0.3 is 51.8 Å². The second-order valence-electron chi connectivity index (χ2n) is 19.4. The van der Waals surface area contributed by atoms with Crippen LogP contribution in [0.15, 0.2) is 46.8 Å². The molecule has 3 aromatic heterocycles. The molecule has 0 spiro atoms. The largest absolute Gasteiger partial charge is 0.383 e. The molecule has 1 saturated heterocycles. The molecule has 7 atom stereocenters. The van der Waals surface area contributed by atoms with Gasteiger partial charge in [0.2, 0.25) is 11.9 Å². The predicted octanol–water partition coefficient (Wildman–Crippen LogP) is 3.93. The van der Waals surface area contributed by atoms with Crippen LogP contribution in [0.3, 0.4) is 0 Å². The van der Waals surface area contributed by atoms with Gasteiger partial charge in [0.1, 0.15) is 11.6 Å². The minimum absolute atomic E-state index is 0.0934. The van der Waals surface area contributed by atoms with Crippen molar-refractivity contribution in [3.8, 4) is 17.3 Å². The molecule has 3 aliphatic carbocycles. The third-order valence-corrected chi connectivity index (χ3v) is 14.2. The zero-order valence-electron chi connectivity index (χ0n) is 39.1. The Kier molecular flexibility index (Phi) is 16.0. The quantitative estimate of drug-likeness (QED) is 0.0848. The monoisotopic (exact) mass is 907 g/mol. The first kappa shape index (κ1) is 47.5. The van der Waals surface area contributed by atoms with Crippen molar-refractivity contribution in [3.05, 3.63) is 42.4 Å². The van der Waals surface area contributed by atoms with E-state index in [1.165, 1.54) is 0 Å². The number of nitrogens with zero attached hydrogens (tertiary/aromatic N) is 9. The molecule has 8 N–H and O–H groups in total. The van der Waals surface area contributed by atoms with E-state index in [2.05, 4.69) is 77.2 Å². The molecule has 5 heterocycles. The van der Waals surface area contributed by atoms with Gasteiger partial charge in [0, 0.05) is 113 Å². The van der Waals surface area contributed by atoms with Crippen LogP contribution in [0, 0.1) is 28.6 Å². The smallest absolute Gasteiger partial charge is 0.223 e. The van der Waals surface area contributed by atoms with E-state index < -0.39 is 5.41 Å². The van der Waals surface area contributed by atoms with E-state index in [0.29, 0.717) is 100 Å². The average Bonchev–Trinajstić information content (AvgIpc) is 4.07. The minimum atomic E-state index is -0.563. The maximum atomic E-state index is 10.8. The fourth-order valence-corrected chi connectivity index (χ4v) is 10.4. The maximum Gasteiger partial charge on any atom is 0.223 e. The number of aromatic nitrogens is 6. The molecule has 8 rings (SSSR count). The van der Waals surface area contributed by atoms with Crippen molar-refractivity contribution in [2.24, 2.45) is 33.0 Å². The molecule has 66 heavy (non-hydrogen) atoms. The first-order chi connectivity index (χ1) is 32.1. The second-order valence-corrected chi connectivity index (χ2v) is 19.4. The Morgan fingerprint density at radius 1 is 0.864 bits per heavy atom. The predicted molar refractivity (Wildman–Crippen MR) is 255 cm³/mol. The van der Waals surface area contributed by atoms with Crippen LogP contribution in [0.1, 0.15) is 90.0 Å². The molecule has 3 saturated carbocycles. The Hall–Kier alpha value is -4.97. The van der Waals surface area contributed by atoms with Crippen LogP contribution >= 0.6 is 0 Å². The third-order valence-electron chi connectivity index (χ3n) is 14.2. The maximum absolute atomic E-state index is 10.8. The van der Waals surface area contributed by atoms with Gasteiger partial charge in [-0.25, -0.2) is 15.0 Å². The number of anilines is 3. The van der Waals surface area contributed by atoms with E-state index in [1.54, 1.807) is 32.8 Å². The van der Waals surface area contributed by atoms with Crippen LogP contribution in [-0.4, -0.2) is 144 Å². The van der Waals surface area contributed by atoms with Gasteiger partial charge in [-0.05, 0) is 108 Å². The number of guanidine groups is 1. The highest BCUT2D eigenvalue weighted by Crippen LogP contribution is 2.59. The van der Waals surface area contributed by atoms with Gasteiger partial charge in [-0.3, -0.25) is 4.99 Å². The summed E-state index contributed by atoms with van der Waals surface area (Å²) in [6.45, 7) is 8.68. The molecule has 356 valence electrons. The van der Waals surface area contributed by atoms with Crippen molar-refractivity contribution in [1.29, 1.82) is 5.26 Å². The molecule has 19 heteroatoms. The van der Waals surface area contributed by atoms with Gasteiger partial charge in [-0.2, -0.15) is 15.5 Å². The zero-order valence-corrected chi connectivity index (χ0v) is 39.1. The number of hydrogen-bond acceptors (Lipinski definition) is 19. The third kappa shape index (κ3) is 12.5. The summed E-state index contributed by atoms with van der Waals surface area (Å²) in [6, 6.07) is 10.3. The Bertz CT molecular complexity index is 2160. The highest BCUT2D eigenvalue weighted by molar-refractivity contribution is 6.08. The molecule has 0 radical (unpaired) electrons. The summed E-state index contributed by atoms with van der Waals surface area (Å²) in [5.41, 5.74) is 9.14. The second kappa shape index (κ2) is 22.2. The number of ether oxygens (including phenoxy) is 3. The number of nitrogens with one attached hydrogen (secondary N) is 6. The normalized spacial score (nSPS) is 28.2. The van der Waals surface area contributed by atoms with Crippen molar-refractivity contribution >= 4 is 29.3 Å². The first-order valence-electron chi connectivity index (χ1n) is 24.0. The SMILES string of the molecule is COC[C@@H](C)NC1CCC(Nc2nccc(-c3cnnc(NCC4(C#N)CC4C4C[C@H](N[C@H](C)COC)CC[C@H]4NC4=NCCC(c5cnnc(NCC6(N)CCOCC6)c5)=N4)c3)n2)CC1. The van der Waals surface area contributed by atoms with Gasteiger partial charge in [-0.15, -0.1) is 10.2 Å². The van der Waals surface area contributed by atoms with Gasteiger partial charge in [0.25, 0.3) is 0 Å². The molecule has 5 aliphatic rings. The van der Waals surface area contributed by atoms with Crippen molar-refractivity contribution in [2.45, 2.75) is 126 Å². The van der Waals surface area contributed by atoms with E-state index in [-0.39, 0.29) is 29.5 Å². The number of hydrogen-bond donors (Lipinski definition) is 7. The van der Waals surface area contributed by atoms with E-state index in [9.17, 15) is 5.26 Å². The summed E-state index contributed by atoms with van der Waals surface area (Å²) in [5.74, 6) is 2.88. The van der Waals surface area contributed by atoms with Gasteiger partial charge in [0.05, 0.1) is 48.5 Å². The number of nitriles is 1. The van der Waals surface area contributed by atoms with Crippen LogP contribution in [0.5, 0.6) is 0 Å². The summed E-state index contributed by atoms with van der Waals surface area (Å²) in [4.78, 5) is 19.3. The van der Waals surface area contributed by atoms with Crippen LogP contribution in [0.25, 0.3) is 11.3 Å². The van der Waals surface area contributed by atoms with Crippen LogP contribution in [-0.2, 0) is 14.2 Å². The summed E-state index contributed by atoms with van der Waals surface area (Å²) in [5, 5.41) is 50.0. The topological polar surface area (TPSA) is 252 Å². The molecule has 3 aromatic rings. The summed E-state index contributed by atoms with van der Waals surface area (Å²) in [7, 11) is 3.48. The Labute approximate surface area is 389 Å². The van der Waals surface area contributed by atoms with E-state index in [0.717, 1.165) is 86.7 Å². The number of methoxy groups -OCH3 is 2. The number of aliphatic imine (C=N–C) groups is 2. The van der Waals surface area contributed by atoms with Gasteiger partial charge in [-0.1, -0.05) is 0 Å². The summed E-state index contributed by atoms with van der Waals surface area (Å²) < 4.78 is 16.3. The zero-order chi connectivity index (χ0) is 45.9. The Morgan fingerprint density at radius 3 is 2.26 bits per heavy atom. The van der Waals surface area contributed by atoms with Crippen LogP contribution in [0.4, 0.5) is 17.6 Å². The van der Waals surface area contributed by atoms with Gasteiger partial charge in [0.15, 0.2) is 0 Å². The molecular weight excluding hydrogens is 837 g/mol. The fourth-order valence-electron chi connectivity index (χ4n) is 10.4. The minimum Gasteiger partial charge on any atom is -0.383 e. The molecule has 3 unspecified atom stereocenters. The Morgan fingerprint density at radius 2 is 1.53 bits per heavy atom. The number of nitrogens with two attached hydrogens (primary N) is 1. The molecular formula is C47H70N16O3. The molecule has 2 aliphatic heterocycles. The van der Waals surface area contributed by atoms with Crippen LogP contribution < -0.4 is 37.6 Å². The lowest BCUT2D eigenvalue weighted by molar-refractivity contribution is 0.0574. The molecule has 4 fully saturated rings. The van der Waals surface area contributed by atoms with Crippen molar-refractivity contribution in [3.63, 3.8) is 0 Å². The standard InChI is InChI=1S/C47H70N16O3/c1-30(25-64-3)56-34-5-7-35(8-6-34)58-44-50-15-11-39(59-44)32-19-42(62-54-23-32)52-28-46(27-48)22-38(46)37-21-36(57-31(2)26-65-4)9-10-41(37)61-45-51-16-12-40(60-45)33-20-43(63-55-24-33)53-29-47(49)13-17-66-18-14-47/h11,15,19-20,23-24,30-31,34-38,41,56-57H,5-10,12-14,16-18,21-22,25-26,28-29,49H2,1-4H3,(H,51,61)(H,52,62)(H,53,63)(H,50,58,59)/t30-,31-,34?,35?,36-,37?,38?,41-,46?/m1/s1. The summed E-state index contributed by atoms with van der Waals surface area (Å²) >= 11 is 0. The molecule has 0 aromatic carbocycles. The first-order valence-corrected chi connectivity index (χ1v) is 24.0. The lowest BCUT2D eigenvalue weighted by Crippen LogP contribution is -2.51. The molecule has 19 nitrogen and oxygen atoms in total. The van der Waals surface area contributed by atoms with Gasteiger partial charge >= 0.3 is 0 Å². The molecule has 0 amide bonds. The van der Waals surface area contributed by atoms with E-state index in [1.807, 2.05) is 18.2 Å². The average molecular weight is 907 g/mol. The van der Waals surface area contributed by atoms with Crippen molar-refractivity contribution in [2.75, 3.05) is 76.2 Å². The lowest BCUT2D eigenvalue weighted by atomic mass is 9.76.